The largest absolute Gasteiger partial charge is 0.497 e. The van der Waals surface area contributed by atoms with E-state index in [2.05, 4.69) is 5.32 Å². The van der Waals surface area contributed by atoms with E-state index in [-0.39, 0.29) is 23.2 Å². The molecule has 1 fully saturated rings. The molecule has 1 aromatic carbocycles. The summed E-state index contributed by atoms with van der Waals surface area (Å²) in [5, 5.41) is 2.74. The molecule has 0 aliphatic carbocycles. The van der Waals surface area contributed by atoms with Crippen LogP contribution in [0.3, 0.4) is 0 Å². The van der Waals surface area contributed by atoms with Crippen molar-refractivity contribution in [2.45, 2.75) is 38.2 Å². The van der Waals surface area contributed by atoms with Crippen molar-refractivity contribution in [3.8, 4) is 5.75 Å². The van der Waals surface area contributed by atoms with Gasteiger partial charge < -0.3 is 15.0 Å². The highest BCUT2D eigenvalue weighted by Gasteiger charge is 2.38. The van der Waals surface area contributed by atoms with Gasteiger partial charge in [-0.2, -0.15) is 0 Å². The van der Waals surface area contributed by atoms with Crippen LogP contribution in [0, 0.1) is 0 Å². The Morgan fingerprint density at radius 2 is 1.95 bits per heavy atom. The monoisotopic (exact) mass is 322 g/mol. The van der Waals surface area contributed by atoms with Gasteiger partial charge in [0.2, 0.25) is 11.8 Å². The van der Waals surface area contributed by atoms with E-state index in [1.807, 2.05) is 38.1 Å². The Bertz CT molecular complexity index is 545. The molecule has 120 valence electrons. The van der Waals surface area contributed by atoms with Crippen molar-refractivity contribution < 1.29 is 14.3 Å². The summed E-state index contributed by atoms with van der Waals surface area (Å²) in [4.78, 5) is 26.1. The molecule has 1 saturated heterocycles. The van der Waals surface area contributed by atoms with Crippen LogP contribution in [0.1, 0.15) is 31.7 Å². The maximum absolute atomic E-state index is 12.2. The quantitative estimate of drug-likeness (QED) is 0.903. The first-order chi connectivity index (χ1) is 10.4. The minimum absolute atomic E-state index is 0.00257. The number of carbonyl (C=O) groups is 2. The first-order valence-corrected chi connectivity index (χ1v) is 8.36. The zero-order chi connectivity index (χ0) is 16.3. The summed E-state index contributed by atoms with van der Waals surface area (Å²) < 4.78 is 5.16. The molecule has 2 amide bonds. The van der Waals surface area contributed by atoms with Crippen molar-refractivity contribution in [2.75, 3.05) is 12.9 Å². The molecular weight excluding hydrogens is 300 g/mol. The predicted molar refractivity (Wildman–Crippen MR) is 87.8 cm³/mol. The molecule has 1 heterocycles. The topological polar surface area (TPSA) is 58.6 Å². The van der Waals surface area contributed by atoms with E-state index in [0.717, 1.165) is 11.3 Å². The van der Waals surface area contributed by atoms with Crippen LogP contribution in [0.15, 0.2) is 24.3 Å². The summed E-state index contributed by atoms with van der Waals surface area (Å²) in [5.41, 5.74) is 1.00. The molecule has 22 heavy (non-hydrogen) atoms. The highest BCUT2D eigenvalue weighted by molar-refractivity contribution is 8.00. The van der Waals surface area contributed by atoms with Crippen LogP contribution >= 0.6 is 11.8 Å². The van der Waals surface area contributed by atoms with Crippen LogP contribution in [-0.4, -0.2) is 41.7 Å². The van der Waals surface area contributed by atoms with E-state index in [4.69, 9.17) is 4.74 Å². The van der Waals surface area contributed by atoms with Crippen LogP contribution in [0.5, 0.6) is 5.75 Å². The standard InChI is InChI=1S/C16H22N2O3S/c1-10(2)17-15(20)11(3)18-14(19)9-22-16(18)12-5-7-13(21-4)8-6-12/h5-8,10-11,16H,9H2,1-4H3,(H,17,20). The predicted octanol–water partition coefficient (Wildman–Crippen LogP) is 2.18. The number of ether oxygens (including phenoxy) is 1. The normalized spacial score (nSPS) is 19.4. The molecule has 1 aromatic rings. The Hall–Kier alpha value is -1.69. The Morgan fingerprint density at radius 1 is 1.32 bits per heavy atom. The molecule has 0 spiro atoms. The lowest BCUT2D eigenvalue weighted by Crippen LogP contribution is -2.48. The SMILES string of the molecule is COc1ccc(C2SCC(=O)N2C(C)C(=O)NC(C)C)cc1. The number of nitrogens with one attached hydrogen (secondary N) is 1. The summed E-state index contributed by atoms with van der Waals surface area (Å²) >= 11 is 1.55. The van der Waals surface area contributed by atoms with Crippen molar-refractivity contribution in [3.63, 3.8) is 0 Å². The number of thioether (sulfide) groups is 1. The molecule has 1 N–H and O–H groups in total. The maximum Gasteiger partial charge on any atom is 0.242 e. The van der Waals surface area contributed by atoms with E-state index in [1.165, 1.54) is 0 Å². The lowest BCUT2D eigenvalue weighted by molar-refractivity contribution is -0.138. The third-order valence-corrected chi connectivity index (χ3v) is 4.76. The van der Waals surface area contributed by atoms with Crippen molar-refractivity contribution in [2.24, 2.45) is 0 Å². The van der Waals surface area contributed by atoms with Crippen LogP contribution in [0.4, 0.5) is 0 Å². The van der Waals surface area contributed by atoms with Gasteiger partial charge in [0.05, 0.1) is 12.9 Å². The van der Waals surface area contributed by atoms with E-state index >= 15 is 0 Å². The van der Waals surface area contributed by atoms with E-state index < -0.39 is 6.04 Å². The minimum Gasteiger partial charge on any atom is -0.497 e. The molecule has 2 atom stereocenters. The number of hydrogen-bond acceptors (Lipinski definition) is 4. The van der Waals surface area contributed by atoms with Crippen LogP contribution in [-0.2, 0) is 9.59 Å². The Kier molecular flexibility index (Phi) is 5.34. The van der Waals surface area contributed by atoms with Gasteiger partial charge in [-0.05, 0) is 38.5 Å². The van der Waals surface area contributed by atoms with Crippen LogP contribution in [0.2, 0.25) is 0 Å². The van der Waals surface area contributed by atoms with Crippen molar-refractivity contribution in [1.29, 1.82) is 0 Å². The molecule has 0 saturated carbocycles. The fraction of sp³-hybridized carbons (Fsp3) is 0.500. The first kappa shape index (κ1) is 16.7. The second-order valence-corrected chi connectivity index (χ2v) is 6.65. The van der Waals surface area contributed by atoms with Gasteiger partial charge >= 0.3 is 0 Å². The zero-order valence-electron chi connectivity index (χ0n) is 13.3. The van der Waals surface area contributed by atoms with Gasteiger partial charge in [-0.25, -0.2) is 0 Å². The number of nitrogens with zero attached hydrogens (tertiary/aromatic N) is 1. The lowest BCUT2D eigenvalue weighted by atomic mass is 10.1. The lowest BCUT2D eigenvalue weighted by Gasteiger charge is -2.30. The molecule has 5 nitrogen and oxygen atoms in total. The highest BCUT2D eigenvalue weighted by Crippen LogP contribution is 2.40. The van der Waals surface area contributed by atoms with Crippen molar-refractivity contribution >= 4 is 23.6 Å². The molecule has 6 heteroatoms. The molecule has 0 bridgehead atoms. The molecule has 2 unspecified atom stereocenters. The van der Waals surface area contributed by atoms with E-state index in [9.17, 15) is 9.59 Å². The van der Waals surface area contributed by atoms with Gasteiger partial charge in [0.15, 0.2) is 0 Å². The number of methoxy groups -OCH3 is 1. The Balaban J connectivity index is 2.19. The average Bonchev–Trinajstić information content (AvgIpc) is 2.87. The Labute approximate surface area is 135 Å². The molecule has 1 aliphatic rings. The van der Waals surface area contributed by atoms with E-state index in [1.54, 1.807) is 30.7 Å². The third-order valence-electron chi connectivity index (χ3n) is 3.53. The smallest absolute Gasteiger partial charge is 0.242 e. The molecular formula is C16H22N2O3S. The fourth-order valence-electron chi connectivity index (χ4n) is 2.41. The van der Waals surface area contributed by atoms with Crippen molar-refractivity contribution in [1.82, 2.24) is 10.2 Å². The summed E-state index contributed by atoms with van der Waals surface area (Å²) in [7, 11) is 1.62. The van der Waals surface area contributed by atoms with Gasteiger partial charge in [0.25, 0.3) is 0 Å². The van der Waals surface area contributed by atoms with Gasteiger partial charge in [0, 0.05) is 6.04 Å². The third kappa shape index (κ3) is 3.55. The summed E-state index contributed by atoms with van der Waals surface area (Å²) in [6.07, 6.45) is 0. The molecule has 2 rings (SSSR count). The van der Waals surface area contributed by atoms with Gasteiger partial charge in [-0.3, -0.25) is 9.59 Å². The summed E-state index contributed by atoms with van der Waals surface area (Å²) in [6, 6.07) is 7.19. The van der Waals surface area contributed by atoms with Gasteiger partial charge in [0.1, 0.15) is 17.2 Å². The second-order valence-electron chi connectivity index (χ2n) is 5.58. The number of rotatable bonds is 5. The summed E-state index contributed by atoms with van der Waals surface area (Å²) in [6.45, 7) is 5.59. The number of amides is 2. The van der Waals surface area contributed by atoms with Crippen LogP contribution < -0.4 is 10.1 Å². The minimum atomic E-state index is -0.489. The zero-order valence-corrected chi connectivity index (χ0v) is 14.1. The van der Waals surface area contributed by atoms with E-state index in [0.29, 0.717) is 5.75 Å². The first-order valence-electron chi connectivity index (χ1n) is 7.31. The van der Waals surface area contributed by atoms with Gasteiger partial charge in [-0.1, -0.05) is 12.1 Å². The Morgan fingerprint density at radius 3 is 2.50 bits per heavy atom. The number of hydrogen-bond donors (Lipinski definition) is 1. The maximum atomic E-state index is 12.2. The second kappa shape index (κ2) is 7.05. The number of benzene rings is 1. The molecule has 1 aliphatic heterocycles. The highest BCUT2D eigenvalue weighted by atomic mass is 32.2. The van der Waals surface area contributed by atoms with Crippen LogP contribution in [0.25, 0.3) is 0 Å². The average molecular weight is 322 g/mol. The molecule has 0 radical (unpaired) electrons. The molecule has 0 aromatic heterocycles. The van der Waals surface area contributed by atoms with Crippen molar-refractivity contribution in [3.05, 3.63) is 29.8 Å². The number of carbonyl (C=O) groups excluding carboxylic acids is 2. The fourth-order valence-corrected chi connectivity index (χ4v) is 3.67. The van der Waals surface area contributed by atoms with Gasteiger partial charge in [-0.15, -0.1) is 11.8 Å². The summed E-state index contributed by atoms with van der Waals surface area (Å²) in [5.74, 6) is 1.05.